The minimum Gasteiger partial charge on any atom is -0.300 e. The molecule has 1 aromatic rings. The molecule has 0 amide bonds. The molecule has 0 aliphatic carbocycles. The quantitative estimate of drug-likeness (QED) is 0.794. The van der Waals surface area contributed by atoms with Gasteiger partial charge in [0.25, 0.3) is 0 Å². The van der Waals surface area contributed by atoms with Gasteiger partial charge in [-0.1, -0.05) is 5.21 Å². The molecule has 0 spiro atoms. The summed E-state index contributed by atoms with van der Waals surface area (Å²) in [5, 5.41) is 7.88. The highest BCUT2D eigenvalue weighted by Crippen LogP contribution is 2.37. The number of Topliss-reactive ketones (excluding diaryl/α,β-unsaturated/α-hetero) is 1. The van der Waals surface area contributed by atoms with Crippen LogP contribution in [0, 0.1) is 5.92 Å². The van der Waals surface area contributed by atoms with Gasteiger partial charge in [0.2, 0.25) is 0 Å². The number of rotatable bonds is 3. The molecule has 2 unspecified atom stereocenters. The van der Waals surface area contributed by atoms with Crippen LogP contribution in [0.25, 0.3) is 0 Å². The van der Waals surface area contributed by atoms with E-state index in [0.29, 0.717) is 24.3 Å². The summed E-state index contributed by atoms with van der Waals surface area (Å²) >= 11 is 0. The zero-order chi connectivity index (χ0) is 12.7. The Morgan fingerprint density at radius 1 is 1.33 bits per heavy atom. The summed E-state index contributed by atoms with van der Waals surface area (Å²) in [6.45, 7) is 0. The Morgan fingerprint density at radius 3 is 2.56 bits per heavy atom. The standard InChI is InChI=1S/C13H20N4O/c1-16-8-10(14-15-16)7-13(18)9-5-11-3-4-12(6-9)17(11)2/h8-9,11-12H,3-7H2,1-2H3. The molecule has 5 heteroatoms. The van der Waals surface area contributed by atoms with E-state index in [0.717, 1.165) is 18.5 Å². The number of nitrogens with zero attached hydrogens (tertiary/aromatic N) is 4. The molecular formula is C13H20N4O. The van der Waals surface area contributed by atoms with Crippen molar-refractivity contribution in [2.45, 2.75) is 44.2 Å². The van der Waals surface area contributed by atoms with E-state index in [2.05, 4.69) is 22.3 Å². The third-order valence-electron chi connectivity index (χ3n) is 4.56. The van der Waals surface area contributed by atoms with Crippen LogP contribution in [0.4, 0.5) is 0 Å². The van der Waals surface area contributed by atoms with E-state index in [9.17, 15) is 4.79 Å². The predicted octanol–water partition coefficient (Wildman–Crippen LogP) is 0.799. The minimum atomic E-state index is 0.237. The summed E-state index contributed by atoms with van der Waals surface area (Å²) in [5.74, 6) is 0.584. The van der Waals surface area contributed by atoms with Gasteiger partial charge in [-0.25, -0.2) is 0 Å². The lowest BCUT2D eigenvalue weighted by Crippen LogP contribution is -2.42. The smallest absolute Gasteiger partial charge is 0.142 e. The lowest BCUT2D eigenvalue weighted by molar-refractivity contribution is -0.124. The highest BCUT2D eigenvalue weighted by molar-refractivity contribution is 5.83. The SMILES string of the molecule is CN1C2CCC1CC(C(=O)Cc1cn(C)nn1)C2. The van der Waals surface area contributed by atoms with Crippen molar-refractivity contribution in [2.24, 2.45) is 13.0 Å². The van der Waals surface area contributed by atoms with Crippen molar-refractivity contribution < 1.29 is 4.79 Å². The number of piperidine rings is 1. The van der Waals surface area contributed by atoms with Crippen LogP contribution in [0.1, 0.15) is 31.4 Å². The van der Waals surface area contributed by atoms with Gasteiger partial charge in [0.1, 0.15) is 5.78 Å². The first-order valence-corrected chi connectivity index (χ1v) is 6.73. The highest BCUT2D eigenvalue weighted by Gasteiger charge is 2.40. The van der Waals surface area contributed by atoms with Gasteiger partial charge in [-0.15, -0.1) is 5.10 Å². The molecule has 3 heterocycles. The molecule has 0 N–H and O–H groups in total. The first kappa shape index (κ1) is 11.8. The second kappa shape index (κ2) is 4.46. The first-order valence-electron chi connectivity index (χ1n) is 6.73. The number of ketones is 1. The van der Waals surface area contributed by atoms with Gasteiger partial charge in [0.05, 0.1) is 12.1 Å². The molecule has 2 bridgehead atoms. The van der Waals surface area contributed by atoms with E-state index in [1.165, 1.54) is 12.8 Å². The largest absolute Gasteiger partial charge is 0.300 e. The molecule has 3 rings (SSSR count). The average molecular weight is 248 g/mol. The van der Waals surface area contributed by atoms with Crippen molar-refractivity contribution in [3.63, 3.8) is 0 Å². The molecule has 98 valence electrons. The molecule has 2 fully saturated rings. The molecular weight excluding hydrogens is 228 g/mol. The summed E-state index contributed by atoms with van der Waals surface area (Å²) in [6, 6.07) is 1.25. The van der Waals surface area contributed by atoms with Crippen LogP contribution in [0.2, 0.25) is 0 Å². The van der Waals surface area contributed by atoms with Crippen LogP contribution < -0.4 is 0 Å². The van der Waals surface area contributed by atoms with E-state index in [-0.39, 0.29) is 5.92 Å². The molecule has 2 aliphatic rings. The summed E-state index contributed by atoms with van der Waals surface area (Å²) in [7, 11) is 4.03. The fourth-order valence-electron chi connectivity index (χ4n) is 3.47. The summed E-state index contributed by atoms with van der Waals surface area (Å²) in [6.07, 6.45) is 6.87. The Hall–Kier alpha value is -1.23. The van der Waals surface area contributed by atoms with Crippen LogP contribution >= 0.6 is 0 Å². The number of fused-ring (bicyclic) bond motifs is 2. The summed E-state index contributed by atoms with van der Waals surface area (Å²) in [4.78, 5) is 14.8. The number of hydrogen-bond acceptors (Lipinski definition) is 4. The number of aryl methyl sites for hydroxylation is 1. The molecule has 0 radical (unpaired) electrons. The van der Waals surface area contributed by atoms with Gasteiger partial charge in [0, 0.05) is 31.2 Å². The average Bonchev–Trinajstić information content (AvgIpc) is 2.80. The topological polar surface area (TPSA) is 51.0 Å². The lowest BCUT2D eigenvalue weighted by Gasteiger charge is -2.35. The molecule has 2 aliphatic heterocycles. The van der Waals surface area contributed by atoms with Crippen molar-refractivity contribution in [1.82, 2.24) is 19.9 Å². The third-order valence-corrected chi connectivity index (χ3v) is 4.56. The van der Waals surface area contributed by atoms with Crippen molar-refractivity contribution in [1.29, 1.82) is 0 Å². The number of carbonyl (C=O) groups is 1. The second-order valence-electron chi connectivity index (χ2n) is 5.75. The van der Waals surface area contributed by atoms with Crippen molar-refractivity contribution in [3.05, 3.63) is 11.9 Å². The van der Waals surface area contributed by atoms with Crippen molar-refractivity contribution >= 4 is 5.78 Å². The van der Waals surface area contributed by atoms with E-state index in [1.54, 1.807) is 4.68 Å². The van der Waals surface area contributed by atoms with Crippen LogP contribution in [0.15, 0.2) is 6.20 Å². The zero-order valence-electron chi connectivity index (χ0n) is 11.0. The number of aromatic nitrogens is 3. The van der Waals surface area contributed by atoms with Gasteiger partial charge in [-0.05, 0) is 32.7 Å². The van der Waals surface area contributed by atoms with E-state index in [4.69, 9.17) is 0 Å². The predicted molar refractivity (Wildman–Crippen MR) is 67.0 cm³/mol. The van der Waals surface area contributed by atoms with E-state index >= 15 is 0 Å². The Balaban J connectivity index is 1.64. The first-order chi connectivity index (χ1) is 8.63. The lowest BCUT2D eigenvalue weighted by atomic mass is 9.86. The monoisotopic (exact) mass is 248 g/mol. The molecule has 0 saturated carbocycles. The van der Waals surface area contributed by atoms with Crippen LogP contribution in [-0.4, -0.2) is 44.8 Å². The number of hydrogen-bond donors (Lipinski definition) is 0. The normalized spacial score (nSPS) is 31.8. The summed E-state index contributed by atoms with van der Waals surface area (Å²) < 4.78 is 1.65. The highest BCUT2D eigenvalue weighted by atomic mass is 16.1. The molecule has 18 heavy (non-hydrogen) atoms. The van der Waals surface area contributed by atoms with Crippen LogP contribution in [0.3, 0.4) is 0 Å². The fourth-order valence-corrected chi connectivity index (χ4v) is 3.47. The van der Waals surface area contributed by atoms with Crippen LogP contribution in [0.5, 0.6) is 0 Å². The Bertz CT molecular complexity index is 442. The van der Waals surface area contributed by atoms with Crippen molar-refractivity contribution in [2.75, 3.05) is 7.05 Å². The molecule has 2 saturated heterocycles. The number of carbonyl (C=O) groups excluding carboxylic acids is 1. The molecule has 2 atom stereocenters. The molecule has 0 aromatic carbocycles. The van der Waals surface area contributed by atoms with Gasteiger partial charge in [0.15, 0.2) is 0 Å². The van der Waals surface area contributed by atoms with Gasteiger partial charge in [-0.2, -0.15) is 0 Å². The maximum atomic E-state index is 12.3. The van der Waals surface area contributed by atoms with Gasteiger partial charge >= 0.3 is 0 Å². The van der Waals surface area contributed by atoms with Gasteiger partial charge < -0.3 is 4.90 Å². The maximum Gasteiger partial charge on any atom is 0.142 e. The summed E-state index contributed by atoms with van der Waals surface area (Å²) in [5.41, 5.74) is 0.800. The Kier molecular flexibility index (Phi) is 2.93. The van der Waals surface area contributed by atoms with E-state index in [1.807, 2.05) is 13.2 Å². The minimum absolute atomic E-state index is 0.237. The Morgan fingerprint density at radius 2 is 2.00 bits per heavy atom. The van der Waals surface area contributed by atoms with Gasteiger partial charge in [-0.3, -0.25) is 9.48 Å². The molecule has 1 aromatic heterocycles. The third kappa shape index (κ3) is 2.07. The molecule has 5 nitrogen and oxygen atoms in total. The van der Waals surface area contributed by atoms with E-state index < -0.39 is 0 Å². The fraction of sp³-hybridized carbons (Fsp3) is 0.769. The van der Waals surface area contributed by atoms with Crippen molar-refractivity contribution in [3.8, 4) is 0 Å². The Labute approximate surface area is 107 Å². The zero-order valence-corrected chi connectivity index (χ0v) is 11.0. The van der Waals surface area contributed by atoms with Crippen LogP contribution in [-0.2, 0) is 18.3 Å². The maximum absolute atomic E-state index is 12.3. The second-order valence-corrected chi connectivity index (χ2v) is 5.75.